The van der Waals surface area contributed by atoms with Gasteiger partial charge in [0.15, 0.2) is 0 Å². The van der Waals surface area contributed by atoms with E-state index in [1.807, 2.05) is 25.3 Å². The largest absolute Gasteiger partial charge is 0.382 e. The molecule has 0 aromatic carbocycles. The summed E-state index contributed by atoms with van der Waals surface area (Å²) >= 11 is 4.30. The fourth-order valence-electron chi connectivity index (χ4n) is 1.14. The van der Waals surface area contributed by atoms with Crippen molar-refractivity contribution in [3.63, 3.8) is 0 Å². The molecule has 0 atom stereocenters. The number of nitrogens with zero attached hydrogens (tertiary/aromatic N) is 2. The number of anilines is 1. The molecule has 0 radical (unpaired) electrons. The molecule has 2 rings (SSSR count). The van der Waals surface area contributed by atoms with Gasteiger partial charge >= 0.3 is 0 Å². The third-order valence-electron chi connectivity index (χ3n) is 1.79. The third-order valence-corrected chi connectivity index (χ3v) is 2.27. The first kappa shape index (κ1) is 7.49. The van der Waals surface area contributed by atoms with E-state index in [1.165, 1.54) is 0 Å². The van der Waals surface area contributed by atoms with E-state index in [9.17, 15) is 0 Å². The number of hydrogen-bond acceptors (Lipinski definition) is 3. The predicted octanol–water partition coefficient (Wildman–Crippen LogP) is 1.51. The van der Waals surface area contributed by atoms with Crippen molar-refractivity contribution in [3.8, 4) is 0 Å². The zero-order valence-electron chi connectivity index (χ0n) is 6.65. The summed E-state index contributed by atoms with van der Waals surface area (Å²) in [6.07, 6.45) is 1.91. The van der Waals surface area contributed by atoms with Crippen molar-refractivity contribution in [1.82, 2.24) is 9.61 Å². The van der Waals surface area contributed by atoms with Crippen molar-refractivity contribution in [2.24, 2.45) is 0 Å². The lowest BCUT2D eigenvalue weighted by atomic mass is 10.3. The van der Waals surface area contributed by atoms with Gasteiger partial charge in [0.1, 0.15) is 5.82 Å². The Morgan fingerprint density at radius 2 is 2.25 bits per heavy atom. The van der Waals surface area contributed by atoms with Crippen molar-refractivity contribution >= 4 is 24.0 Å². The molecule has 0 aliphatic heterocycles. The summed E-state index contributed by atoms with van der Waals surface area (Å²) < 4.78 is 1.75. The Morgan fingerprint density at radius 3 is 3.00 bits per heavy atom. The number of pyridine rings is 1. The normalized spacial score (nSPS) is 10.8. The second kappa shape index (κ2) is 2.42. The second-order valence-corrected chi connectivity index (χ2v) is 3.26. The molecule has 12 heavy (non-hydrogen) atoms. The molecule has 0 saturated heterocycles. The van der Waals surface area contributed by atoms with Crippen molar-refractivity contribution in [3.05, 3.63) is 23.9 Å². The molecule has 0 fully saturated rings. The van der Waals surface area contributed by atoms with Gasteiger partial charge in [-0.3, -0.25) is 0 Å². The van der Waals surface area contributed by atoms with Crippen molar-refractivity contribution < 1.29 is 0 Å². The molecule has 2 aromatic heterocycles. The number of rotatable bonds is 0. The van der Waals surface area contributed by atoms with Crippen LogP contribution in [0, 0.1) is 6.92 Å². The van der Waals surface area contributed by atoms with E-state index in [0.29, 0.717) is 5.82 Å². The fraction of sp³-hybridized carbons (Fsp3) is 0.125. The highest BCUT2D eigenvalue weighted by Crippen LogP contribution is 2.16. The summed E-state index contributed by atoms with van der Waals surface area (Å²) in [5.41, 5.74) is 7.60. The molecule has 3 nitrogen and oxygen atoms in total. The van der Waals surface area contributed by atoms with Gasteiger partial charge in [0.05, 0.1) is 5.52 Å². The average molecular weight is 179 g/mol. The number of nitrogens with two attached hydrogens (primary N) is 1. The van der Waals surface area contributed by atoms with Crippen LogP contribution in [0.4, 0.5) is 5.82 Å². The highest BCUT2D eigenvalue weighted by atomic mass is 32.1. The minimum absolute atomic E-state index is 0.535. The van der Waals surface area contributed by atoms with Crippen LogP contribution in [0.2, 0.25) is 0 Å². The van der Waals surface area contributed by atoms with Crippen LogP contribution in [-0.4, -0.2) is 9.61 Å². The first-order valence-electron chi connectivity index (χ1n) is 3.61. The summed E-state index contributed by atoms with van der Waals surface area (Å²) in [6, 6.07) is 3.76. The Labute approximate surface area is 75.6 Å². The average Bonchev–Trinajstić information content (AvgIpc) is 2.30. The summed E-state index contributed by atoms with van der Waals surface area (Å²) in [5.74, 6) is 0.535. The van der Waals surface area contributed by atoms with Crippen LogP contribution in [0.25, 0.3) is 5.52 Å². The molecular weight excluding hydrogens is 170 g/mol. The zero-order valence-corrected chi connectivity index (χ0v) is 7.55. The Kier molecular flexibility index (Phi) is 1.51. The van der Waals surface area contributed by atoms with Crippen LogP contribution in [0.1, 0.15) is 5.56 Å². The van der Waals surface area contributed by atoms with E-state index < -0.39 is 0 Å². The maximum atomic E-state index is 5.53. The number of thiol groups is 1. The van der Waals surface area contributed by atoms with Gasteiger partial charge in [0.2, 0.25) is 0 Å². The minimum atomic E-state index is 0.535. The van der Waals surface area contributed by atoms with Crippen LogP contribution in [0.15, 0.2) is 23.2 Å². The van der Waals surface area contributed by atoms with Crippen LogP contribution in [0.5, 0.6) is 0 Å². The lowest BCUT2D eigenvalue weighted by Crippen LogP contribution is -1.90. The number of aromatic nitrogens is 2. The molecule has 0 saturated carbocycles. The molecule has 0 unspecified atom stereocenters. The van der Waals surface area contributed by atoms with Gasteiger partial charge in [0, 0.05) is 17.2 Å². The van der Waals surface area contributed by atoms with Crippen LogP contribution < -0.4 is 5.73 Å². The number of fused-ring (bicyclic) bond motifs is 1. The minimum Gasteiger partial charge on any atom is -0.382 e. The quantitative estimate of drug-likeness (QED) is 0.602. The lowest BCUT2D eigenvalue weighted by molar-refractivity contribution is 0.946. The standard InChI is InChI=1S/C8H9N3S/c1-5-4-11-6(2-7(5)12)3-8(9)10-11/h2-4,12H,1H3,(H2,9,10). The van der Waals surface area contributed by atoms with Crippen molar-refractivity contribution in [2.75, 3.05) is 5.73 Å². The molecule has 0 aliphatic rings. The maximum Gasteiger partial charge on any atom is 0.146 e. The van der Waals surface area contributed by atoms with E-state index in [4.69, 9.17) is 5.73 Å². The van der Waals surface area contributed by atoms with Crippen molar-refractivity contribution in [1.29, 1.82) is 0 Å². The van der Waals surface area contributed by atoms with E-state index in [2.05, 4.69) is 17.7 Å². The highest BCUT2D eigenvalue weighted by molar-refractivity contribution is 7.80. The van der Waals surface area contributed by atoms with Gasteiger partial charge in [-0.05, 0) is 18.6 Å². The molecule has 62 valence electrons. The third kappa shape index (κ3) is 1.04. The van der Waals surface area contributed by atoms with Gasteiger partial charge in [-0.1, -0.05) is 0 Å². The molecule has 0 amide bonds. The highest BCUT2D eigenvalue weighted by Gasteiger charge is 2.00. The molecule has 0 spiro atoms. The molecule has 4 heteroatoms. The fourth-order valence-corrected chi connectivity index (χ4v) is 1.33. The van der Waals surface area contributed by atoms with Gasteiger partial charge in [-0.2, -0.15) is 5.10 Å². The lowest BCUT2D eigenvalue weighted by Gasteiger charge is -1.98. The zero-order chi connectivity index (χ0) is 8.72. The molecule has 0 aliphatic carbocycles. The Morgan fingerprint density at radius 1 is 1.50 bits per heavy atom. The van der Waals surface area contributed by atoms with Gasteiger partial charge < -0.3 is 5.73 Å². The van der Waals surface area contributed by atoms with E-state index in [-0.39, 0.29) is 0 Å². The smallest absolute Gasteiger partial charge is 0.146 e. The van der Waals surface area contributed by atoms with E-state index in [0.717, 1.165) is 16.0 Å². The SMILES string of the molecule is Cc1cn2nc(N)cc2cc1S. The molecule has 2 N–H and O–H groups in total. The van der Waals surface area contributed by atoms with Crippen LogP contribution in [0.3, 0.4) is 0 Å². The summed E-state index contributed by atoms with van der Waals surface area (Å²) in [7, 11) is 0. The molecule has 0 bridgehead atoms. The Bertz CT molecular complexity index is 394. The summed E-state index contributed by atoms with van der Waals surface area (Å²) in [5, 5.41) is 4.08. The van der Waals surface area contributed by atoms with Gasteiger partial charge in [-0.25, -0.2) is 4.52 Å². The molecule has 2 heterocycles. The predicted molar refractivity (Wildman–Crippen MR) is 51.6 cm³/mol. The van der Waals surface area contributed by atoms with E-state index >= 15 is 0 Å². The number of nitrogen functional groups attached to an aromatic ring is 1. The summed E-state index contributed by atoms with van der Waals surface area (Å²) in [4.78, 5) is 0.961. The first-order valence-corrected chi connectivity index (χ1v) is 4.06. The summed E-state index contributed by atoms with van der Waals surface area (Å²) in [6.45, 7) is 1.99. The number of aryl methyl sites for hydroxylation is 1. The van der Waals surface area contributed by atoms with Gasteiger partial charge in [-0.15, -0.1) is 12.6 Å². The van der Waals surface area contributed by atoms with Crippen LogP contribution >= 0.6 is 12.6 Å². The van der Waals surface area contributed by atoms with Crippen molar-refractivity contribution in [2.45, 2.75) is 11.8 Å². The van der Waals surface area contributed by atoms with Gasteiger partial charge in [0.25, 0.3) is 0 Å². The monoisotopic (exact) mass is 179 g/mol. The first-order chi connectivity index (χ1) is 5.66. The Balaban J connectivity index is 2.83. The number of hydrogen-bond donors (Lipinski definition) is 2. The van der Waals surface area contributed by atoms with Crippen LogP contribution in [-0.2, 0) is 0 Å². The molecular formula is C8H9N3S. The topological polar surface area (TPSA) is 43.3 Å². The second-order valence-electron chi connectivity index (χ2n) is 2.78. The van der Waals surface area contributed by atoms with E-state index in [1.54, 1.807) is 4.52 Å². The maximum absolute atomic E-state index is 5.53. The Hall–Kier alpha value is -1.16. The molecule has 2 aromatic rings.